The third kappa shape index (κ3) is 3.72. The first-order chi connectivity index (χ1) is 11.7. The van der Waals surface area contributed by atoms with Crippen LogP contribution in [0.1, 0.15) is 10.6 Å². The lowest BCUT2D eigenvalue weighted by atomic mass is 10.1. The highest BCUT2D eigenvalue weighted by Crippen LogP contribution is 2.31. The Bertz CT molecular complexity index is 849. The lowest BCUT2D eigenvalue weighted by Gasteiger charge is -2.01. The lowest BCUT2D eigenvalue weighted by molar-refractivity contribution is -0.111. The van der Waals surface area contributed by atoms with Crippen LogP contribution >= 0.6 is 11.3 Å². The Morgan fingerprint density at radius 2 is 2.08 bits per heavy atom. The zero-order valence-electron chi connectivity index (χ0n) is 13.3. The van der Waals surface area contributed by atoms with Crippen molar-refractivity contribution in [3.05, 3.63) is 59.4 Å². The molecule has 1 aromatic carbocycles. The summed E-state index contributed by atoms with van der Waals surface area (Å²) >= 11 is 1.44. The van der Waals surface area contributed by atoms with Gasteiger partial charge in [0, 0.05) is 16.5 Å². The zero-order chi connectivity index (χ0) is 16.9. The predicted molar refractivity (Wildman–Crippen MR) is 95.2 cm³/mol. The summed E-state index contributed by atoms with van der Waals surface area (Å²) in [5, 5.41) is 3.34. The highest BCUT2D eigenvalue weighted by Gasteiger charge is 2.11. The van der Waals surface area contributed by atoms with Crippen LogP contribution in [0.2, 0.25) is 0 Å². The molecule has 0 saturated heterocycles. The van der Waals surface area contributed by atoms with E-state index in [4.69, 9.17) is 9.15 Å². The Hall–Kier alpha value is -2.86. The van der Waals surface area contributed by atoms with E-state index < -0.39 is 0 Å². The lowest BCUT2D eigenvalue weighted by Crippen LogP contribution is -2.07. The molecule has 0 aliphatic heterocycles. The molecule has 0 radical (unpaired) electrons. The van der Waals surface area contributed by atoms with Crippen LogP contribution in [0, 0.1) is 6.92 Å². The van der Waals surface area contributed by atoms with Gasteiger partial charge in [0.15, 0.2) is 5.13 Å². The van der Waals surface area contributed by atoms with Crippen LogP contribution in [0.15, 0.2) is 53.2 Å². The number of hydrogen-bond acceptors (Lipinski definition) is 5. The quantitative estimate of drug-likeness (QED) is 0.700. The molecule has 0 saturated carbocycles. The Balaban J connectivity index is 1.72. The number of nitrogens with zero attached hydrogens (tertiary/aromatic N) is 1. The highest BCUT2D eigenvalue weighted by molar-refractivity contribution is 7.16. The Morgan fingerprint density at radius 1 is 1.29 bits per heavy atom. The van der Waals surface area contributed by atoms with E-state index in [0.29, 0.717) is 10.9 Å². The average Bonchev–Trinajstić information content (AvgIpc) is 3.23. The van der Waals surface area contributed by atoms with Crippen LogP contribution in [0.5, 0.6) is 5.75 Å². The molecule has 24 heavy (non-hydrogen) atoms. The third-order valence-electron chi connectivity index (χ3n) is 3.33. The van der Waals surface area contributed by atoms with Crippen LogP contribution in [-0.4, -0.2) is 18.0 Å². The molecule has 0 aliphatic carbocycles. The molecule has 0 fully saturated rings. The van der Waals surface area contributed by atoms with E-state index in [-0.39, 0.29) is 5.91 Å². The molecule has 3 aromatic rings. The van der Waals surface area contributed by atoms with Gasteiger partial charge in [-0.15, -0.1) is 11.3 Å². The summed E-state index contributed by atoms with van der Waals surface area (Å²) in [6.45, 7) is 1.98. The zero-order valence-corrected chi connectivity index (χ0v) is 14.1. The van der Waals surface area contributed by atoms with Gasteiger partial charge in [0.1, 0.15) is 11.5 Å². The molecular weight excluding hydrogens is 324 g/mol. The summed E-state index contributed by atoms with van der Waals surface area (Å²) in [5.41, 5.74) is 1.84. The predicted octanol–water partition coefficient (Wildman–Crippen LogP) is 4.37. The maximum atomic E-state index is 12.0. The van der Waals surface area contributed by atoms with Gasteiger partial charge in [0.2, 0.25) is 5.91 Å². The van der Waals surface area contributed by atoms with Crippen molar-refractivity contribution in [2.24, 2.45) is 0 Å². The first-order valence-electron chi connectivity index (χ1n) is 7.30. The van der Waals surface area contributed by atoms with E-state index in [1.54, 1.807) is 31.6 Å². The number of carbonyl (C=O) groups excluding carboxylic acids is 1. The van der Waals surface area contributed by atoms with Crippen LogP contribution in [-0.2, 0) is 4.79 Å². The SMILES string of the molecule is COc1ccc(-c2nc(NC(=O)C=Cc3ccco3)sc2C)cc1. The summed E-state index contributed by atoms with van der Waals surface area (Å²) in [4.78, 5) is 17.5. The van der Waals surface area contributed by atoms with Gasteiger partial charge in [-0.3, -0.25) is 10.1 Å². The second-order valence-electron chi connectivity index (χ2n) is 4.99. The van der Waals surface area contributed by atoms with Crippen LogP contribution < -0.4 is 10.1 Å². The Labute approximate surface area is 143 Å². The molecule has 0 unspecified atom stereocenters. The molecule has 3 rings (SSSR count). The van der Waals surface area contributed by atoms with Gasteiger partial charge in [-0.1, -0.05) is 0 Å². The smallest absolute Gasteiger partial charge is 0.250 e. The third-order valence-corrected chi connectivity index (χ3v) is 4.22. The molecule has 2 aromatic heterocycles. The number of aryl methyl sites for hydroxylation is 1. The van der Waals surface area contributed by atoms with Crippen molar-refractivity contribution in [3.8, 4) is 17.0 Å². The molecule has 0 bridgehead atoms. The van der Waals surface area contributed by atoms with Crippen molar-refractivity contribution >= 4 is 28.5 Å². The average molecular weight is 340 g/mol. The number of amides is 1. The van der Waals surface area contributed by atoms with E-state index in [2.05, 4.69) is 10.3 Å². The number of anilines is 1. The molecule has 0 spiro atoms. The normalized spacial score (nSPS) is 10.9. The van der Waals surface area contributed by atoms with E-state index in [1.807, 2.05) is 31.2 Å². The van der Waals surface area contributed by atoms with Gasteiger partial charge in [-0.25, -0.2) is 4.98 Å². The van der Waals surface area contributed by atoms with Crippen molar-refractivity contribution in [1.82, 2.24) is 4.98 Å². The number of benzene rings is 1. The second-order valence-corrected chi connectivity index (χ2v) is 6.19. The number of ether oxygens (including phenoxy) is 1. The molecule has 5 nitrogen and oxygen atoms in total. The van der Waals surface area contributed by atoms with Crippen molar-refractivity contribution in [1.29, 1.82) is 0 Å². The fraction of sp³-hybridized carbons (Fsp3) is 0.111. The molecule has 0 aliphatic rings. The van der Waals surface area contributed by atoms with E-state index in [0.717, 1.165) is 21.9 Å². The maximum absolute atomic E-state index is 12.0. The number of furan rings is 1. The number of aromatic nitrogens is 1. The highest BCUT2D eigenvalue weighted by atomic mass is 32.1. The largest absolute Gasteiger partial charge is 0.497 e. The number of nitrogens with one attached hydrogen (secondary N) is 1. The molecule has 2 heterocycles. The maximum Gasteiger partial charge on any atom is 0.250 e. The fourth-order valence-electron chi connectivity index (χ4n) is 2.16. The molecule has 122 valence electrons. The minimum Gasteiger partial charge on any atom is -0.497 e. The molecule has 0 atom stereocenters. The standard InChI is InChI=1S/C18H16N2O3S/c1-12-17(13-5-7-14(22-2)8-6-13)20-18(24-12)19-16(21)10-9-15-4-3-11-23-15/h3-11H,1-2H3,(H,19,20,21). The van der Waals surface area contributed by atoms with Gasteiger partial charge >= 0.3 is 0 Å². The molecular formula is C18H16N2O3S. The molecule has 6 heteroatoms. The second kappa shape index (κ2) is 7.14. The van der Waals surface area contributed by atoms with E-state index >= 15 is 0 Å². The number of rotatable bonds is 5. The van der Waals surface area contributed by atoms with Gasteiger partial charge in [-0.05, 0) is 49.4 Å². The van der Waals surface area contributed by atoms with Crippen molar-refractivity contribution in [3.63, 3.8) is 0 Å². The number of hydrogen-bond donors (Lipinski definition) is 1. The summed E-state index contributed by atoms with van der Waals surface area (Å²) in [6.07, 6.45) is 4.59. The van der Waals surface area contributed by atoms with Gasteiger partial charge < -0.3 is 9.15 Å². The van der Waals surface area contributed by atoms with E-state index in [9.17, 15) is 4.79 Å². The van der Waals surface area contributed by atoms with Gasteiger partial charge in [0.05, 0.1) is 19.1 Å². The fourth-order valence-corrected chi connectivity index (χ4v) is 3.00. The van der Waals surface area contributed by atoms with E-state index in [1.165, 1.54) is 17.4 Å². The topological polar surface area (TPSA) is 64.4 Å². The minimum atomic E-state index is -0.249. The van der Waals surface area contributed by atoms with Crippen LogP contribution in [0.4, 0.5) is 5.13 Å². The number of thiazole rings is 1. The monoisotopic (exact) mass is 340 g/mol. The Morgan fingerprint density at radius 3 is 2.75 bits per heavy atom. The number of methoxy groups -OCH3 is 1. The first kappa shape index (κ1) is 16.0. The first-order valence-corrected chi connectivity index (χ1v) is 8.12. The van der Waals surface area contributed by atoms with Crippen LogP contribution in [0.3, 0.4) is 0 Å². The number of carbonyl (C=O) groups is 1. The van der Waals surface area contributed by atoms with Gasteiger partial charge in [0.25, 0.3) is 0 Å². The Kier molecular flexibility index (Phi) is 4.77. The van der Waals surface area contributed by atoms with Crippen molar-refractivity contribution < 1.29 is 13.9 Å². The summed E-state index contributed by atoms with van der Waals surface area (Å²) in [6, 6.07) is 11.2. The minimum absolute atomic E-state index is 0.249. The van der Waals surface area contributed by atoms with Crippen LogP contribution in [0.25, 0.3) is 17.3 Å². The van der Waals surface area contributed by atoms with Crippen molar-refractivity contribution in [2.45, 2.75) is 6.92 Å². The summed E-state index contributed by atoms with van der Waals surface area (Å²) < 4.78 is 10.3. The molecule has 1 N–H and O–H groups in total. The van der Waals surface area contributed by atoms with Gasteiger partial charge in [-0.2, -0.15) is 0 Å². The van der Waals surface area contributed by atoms with Crippen molar-refractivity contribution in [2.75, 3.05) is 12.4 Å². The molecule has 1 amide bonds. The summed E-state index contributed by atoms with van der Waals surface area (Å²) in [7, 11) is 1.63. The summed E-state index contributed by atoms with van der Waals surface area (Å²) in [5.74, 6) is 1.17.